The minimum absolute atomic E-state index is 0.0162. The van der Waals surface area contributed by atoms with Gasteiger partial charge in [-0.1, -0.05) is 0 Å². The number of nitrogens with one attached hydrogen (secondary N) is 1. The molecule has 10 nitrogen and oxygen atoms in total. The summed E-state index contributed by atoms with van der Waals surface area (Å²) in [4.78, 5) is 24.1. The number of nitrogens with zero attached hydrogens (tertiary/aromatic N) is 1. The molecule has 0 aliphatic rings. The number of carbonyl (C=O) groups is 2. The Kier molecular flexibility index (Phi) is 9.49. The van der Waals surface area contributed by atoms with E-state index in [1.807, 2.05) is 0 Å². The summed E-state index contributed by atoms with van der Waals surface area (Å²) < 4.78 is 46.4. The molecule has 0 aromatic heterocycles. The number of amides is 1. The topological polar surface area (TPSA) is 120 Å². The Bertz CT molecular complexity index is 1050. The monoisotopic (exact) mass is 480 g/mol. The first-order valence-electron chi connectivity index (χ1n) is 10.00. The second-order valence-electron chi connectivity index (χ2n) is 6.99. The van der Waals surface area contributed by atoms with Crippen LogP contribution in [0.1, 0.15) is 12.8 Å². The SMILES string of the molecule is COc1ccc(OCCCC(=O)OCC(=O)Nc2cc(S(=O)(=O)N(C)C)ccc2OC)cc1. The van der Waals surface area contributed by atoms with Crippen molar-refractivity contribution in [3.8, 4) is 17.2 Å². The zero-order chi connectivity index (χ0) is 24.4. The Balaban J connectivity index is 1.81. The standard InChI is InChI=1S/C22H28N2O8S/c1-24(2)33(27,28)18-11-12-20(30-4)19(14-18)23-21(25)15-32-22(26)6-5-13-31-17-9-7-16(29-3)8-10-17/h7-12,14H,5-6,13,15H2,1-4H3,(H,23,25). The van der Waals surface area contributed by atoms with Gasteiger partial charge in [-0.2, -0.15) is 0 Å². The number of sulfonamides is 1. The number of esters is 1. The van der Waals surface area contributed by atoms with Gasteiger partial charge in [-0.3, -0.25) is 9.59 Å². The van der Waals surface area contributed by atoms with Crippen molar-refractivity contribution in [2.45, 2.75) is 17.7 Å². The fourth-order valence-electron chi connectivity index (χ4n) is 2.64. The molecule has 0 atom stereocenters. The molecule has 0 saturated carbocycles. The molecule has 0 bridgehead atoms. The van der Waals surface area contributed by atoms with Gasteiger partial charge < -0.3 is 24.3 Å². The molecule has 0 spiro atoms. The number of methoxy groups -OCH3 is 2. The average Bonchev–Trinajstić information content (AvgIpc) is 2.80. The van der Waals surface area contributed by atoms with E-state index in [1.165, 1.54) is 39.4 Å². The number of rotatable bonds is 12. The Morgan fingerprint density at radius 3 is 2.24 bits per heavy atom. The van der Waals surface area contributed by atoms with Crippen LogP contribution in [-0.2, 0) is 24.3 Å². The van der Waals surface area contributed by atoms with Gasteiger partial charge >= 0.3 is 5.97 Å². The van der Waals surface area contributed by atoms with Crippen LogP contribution in [0.2, 0.25) is 0 Å². The number of ether oxygens (including phenoxy) is 4. The van der Waals surface area contributed by atoms with Crippen LogP contribution in [0.4, 0.5) is 5.69 Å². The third kappa shape index (κ3) is 7.65. The fraction of sp³-hybridized carbons (Fsp3) is 0.364. The first-order valence-corrected chi connectivity index (χ1v) is 11.4. The quantitative estimate of drug-likeness (QED) is 0.363. The average molecular weight is 481 g/mol. The first-order chi connectivity index (χ1) is 15.7. The van der Waals surface area contributed by atoms with Crippen molar-refractivity contribution in [2.75, 3.05) is 46.8 Å². The molecule has 0 aliphatic heterocycles. The lowest BCUT2D eigenvalue weighted by atomic mass is 10.3. The Morgan fingerprint density at radius 2 is 1.64 bits per heavy atom. The maximum atomic E-state index is 12.3. The van der Waals surface area contributed by atoms with E-state index >= 15 is 0 Å². The van der Waals surface area contributed by atoms with Crippen molar-refractivity contribution < 1.29 is 37.0 Å². The molecule has 0 radical (unpaired) electrons. The molecule has 0 aliphatic carbocycles. The van der Waals surface area contributed by atoms with Gasteiger partial charge in [-0.15, -0.1) is 0 Å². The third-order valence-electron chi connectivity index (χ3n) is 4.44. The minimum atomic E-state index is -3.70. The van der Waals surface area contributed by atoms with Crippen LogP contribution in [0.5, 0.6) is 17.2 Å². The van der Waals surface area contributed by atoms with Crippen molar-refractivity contribution in [1.82, 2.24) is 4.31 Å². The number of anilines is 1. The predicted molar refractivity (Wildman–Crippen MR) is 121 cm³/mol. The molecule has 0 unspecified atom stereocenters. The summed E-state index contributed by atoms with van der Waals surface area (Å²) in [6.07, 6.45) is 0.480. The Morgan fingerprint density at radius 1 is 0.970 bits per heavy atom. The zero-order valence-corrected chi connectivity index (χ0v) is 19.8. The summed E-state index contributed by atoms with van der Waals surface area (Å²) >= 11 is 0. The van der Waals surface area contributed by atoms with Crippen LogP contribution in [0, 0.1) is 0 Å². The molecular weight excluding hydrogens is 452 g/mol. The lowest BCUT2D eigenvalue weighted by molar-refractivity contribution is -0.147. The highest BCUT2D eigenvalue weighted by atomic mass is 32.2. The maximum Gasteiger partial charge on any atom is 0.306 e. The normalized spacial score (nSPS) is 11.1. The highest BCUT2D eigenvalue weighted by Crippen LogP contribution is 2.28. The van der Waals surface area contributed by atoms with Crippen LogP contribution < -0.4 is 19.5 Å². The summed E-state index contributed by atoms with van der Waals surface area (Å²) in [6, 6.07) is 11.1. The molecule has 2 aromatic rings. The van der Waals surface area contributed by atoms with Gasteiger partial charge in [-0.25, -0.2) is 12.7 Å². The van der Waals surface area contributed by atoms with Gasteiger partial charge in [0.2, 0.25) is 10.0 Å². The van der Waals surface area contributed by atoms with Gasteiger partial charge in [0, 0.05) is 20.5 Å². The van der Waals surface area contributed by atoms with Crippen molar-refractivity contribution >= 4 is 27.6 Å². The van der Waals surface area contributed by atoms with Crippen LogP contribution in [0.25, 0.3) is 0 Å². The van der Waals surface area contributed by atoms with E-state index in [0.29, 0.717) is 24.5 Å². The van der Waals surface area contributed by atoms with Gasteiger partial charge in [0.25, 0.3) is 5.91 Å². The fourth-order valence-corrected chi connectivity index (χ4v) is 3.57. The van der Waals surface area contributed by atoms with Crippen LogP contribution in [0.15, 0.2) is 47.4 Å². The highest BCUT2D eigenvalue weighted by molar-refractivity contribution is 7.89. The Labute approximate surface area is 193 Å². The van der Waals surface area contributed by atoms with E-state index in [4.69, 9.17) is 18.9 Å². The molecule has 1 N–H and O–H groups in total. The van der Waals surface area contributed by atoms with E-state index in [0.717, 1.165) is 4.31 Å². The smallest absolute Gasteiger partial charge is 0.306 e. The molecular formula is C22H28N2O8S. The molecule has 0 saturated heterocycles. The van der Waals surface area contributed by atoms with E-state index in [2.05, 4.69) is 5.32 Å². The number of hydrogen-bond acceptors (Lipinski definition) is 8. The second-order valence-corrected chi connectivity index (χ2v) is 9.14. The highest BCUT2D eigenvalue weighted by Gasteiger charge is 2.20. The van der Waals surface area contributed by atoms with E-state index in [1.54, 1.807) is 31.4 Å². The molecule has 11 heteroatoms. The summed E-state index contributed by atoms with van der Waals surface area (Å²) in [7, 11) is 2.07. The molecule has 33 heavy (non-hydrogen) atoms. The zero-order valence-electron chi connectivity index (χ0n) is 19.0. The van der Waals surface area contributed by atoms with E-state index < -0.39 is 28.5 Å². The molecule has 0 heterocycles. The number of benzene rings is 2. The minimum Gasteiger partial charge on any atom is -0.497 e. The summed E-state index contributed by atoms with van der Waals surface area (Å²) in [5.41, 5.74) is 0.148. The molecule has 2 rings (SSSR count). The van der Waals surface area contributed by atoms with Crippen molar-refractivity contribution in [3.63, 3.8) is 0 Å². The summed E-state index contributed by atoms with van der Waals surface area (Å²) in [5.74, 6) is 0.446. The Hall–Kier alpha value is -3.31. The van der Waals surface area contributed by atoms with Gasteiger partial charge in [0.1, 0.15) is 17.2 Å². The lowest BCUT2D eigenvalue weighted by Gasteiger charge is -2.15. The third-order valence-corrected chi connectivity index (χ3v) is 6.25. The van der Waals surface area contributed by atoms with Crippen molar-refractivity contribution in [2.24, 2.45) is 0 Å². The molecule has 180 valence electrons. The van der Waals surface area contributed by atoms with Gasteiger partial charge in [0.05, 0.1) is 31.4 Å². The second kappa shape index (κ2) is 12.1. The lowest BCUT2D eigenvalue weighted by Crippen LogP contribution is -2.23. The van der Waals surface area contributed by atoms with Crippen LogP contribution in [0.3, 0.4) is 0 Å². The largest absolute Gasteiger partial charge is 0.497 e. The van der Waals surface area contributed by atoms with Crippen LogP contribution >= 0.6 is 0 Å². The van der Waals surface area contributed by atoms with Gasteiger partial charge in [-0.05, 0) is 48.9 Å². The van der Waals surface area contributed by atoms with Gasteiger partial charge in [0.15, 0.2) is 6.61 Å². The van der Waals surface area contributed by atoms with Crippen molar-refractivity contribution in [1.29, 1.82) is 0 Å². The van der Waals surface area contributed by atoms with Crippen molar-refractivity contribution in [3.05, 3.63) is 42.5 Å². The predicted octanol–water partition coefficient (Wildman–Crippen LogP) is 2.29. The number of carbonyl (C=O) groups excluding carboxylic acids is 2. The molecule has 0 fully saturated rings. The summed E-state index contributed by atoms with van der Waals surface area (Å²) in [5, 5.41) is 2.51. The molecule has 1 amide bonds. The van der Waals surface area contributed by atoms with Crippen LogP contribution in [-0.4, -0.2) is 66.1 Å². The molecule has 2 aromatic carbocycles. The van der Waals surface area contributed by atoms with E-state index in [9.17, 15) is 18.0 Å². The van der Waals surface area contributed by atoms with E-state index in [-0.39, 0.29) is 22.8 Å². The maximum absolute atomic E-state index is 12.3. The summed E-state index contributed by atoms with van der Waals surface area (Å²) in [6.45, 7) is -0.218. The number of hydrogen-bond donors (Lipinski definition) is 1. The first kappa shape index (κ1) is 25.9.